The molecule has 3 aromatic rings. The van der Waals surface area contributed by atoms with Gasteiger partial charge in [0.1, 0.15) is 5.82 Å². The minimum atomic E-state index is 0.0557. The van der Waals surface area contributed by atoms with Crippen molar-refractivity contribution in [1.82, 2.24) is 9.97 Å². The van der Waals surface area contributed by atoms with Gasteiger partial charge in [-0.25, -0.2) is 4.98 Å². The highest BCUT2D eigenvalue weighted by Crippen LogP contribution is 2.24. The molecule has 5 heteroatoms. The van der Waals surface area contributed by atoms with E-state index in [1.807, 2.05) is 18.2 Å². The Kier molecular flexibility index (Phi) is 4.35. The number of nitrogens with zero attached hydrogens (tertiary/aromatic N) is 3. The lowest BCUT2D eigenvalue weighted by molar-refractivity contribution is 0.101. The lowest BCUT2D eigenvalue weighted by Crippen LogP contribution is -2.31. The minimum absolute atomic E-state index is 0.0557. The number of fused-ring (bicyclic) bond motifs is 1. The minimum Gasteiger partial charge on any atom is -0.352 e. The number of ketones is 1. The first-order valence-corrected chi connectivity index (χ1v) is 8.72. The molecule has 1 N–H and O–H groups in total. The monoisotopic (exact) mass is 344 g/mol. The molecular weight excluding hydrogens is 324 g/mol. The van der Waals surface area contributed by atoms with Crippen LogP contribution < -0.4 is 10.2 Å². The molecule has 1 aliphatic rings. The molecule has 0 amide bonds. The van der Waals surface area contributed by atoms with Gasteiger partial charge in [-0.15, -0.1) is 0 Å². The van der Waals surface area contributed by atoms with Gasteiger partial charge in [0.2, 0.25) is 5.95 Å². The van der Waals surface area contributed by atoms with E-state index in [1.54, 1.807) is 25.3 Å². The molecule has 0 unspecified atom stereocenters. The quantitative estimate of drug-likeness (QED) is 0.725. The first-order valence-electron chi connectivity index (χ1n) is 8.72. The van der Waals surface area contributed by atoms with Crippen LogP contribution in [0.5, 0.6) is 0 Å². The summed E-state index contributed by atoms with van der Waals surface area (Å²) in [5, 5.41) is 3.21. The van der Waals surface area contributed by atoms with E-state index in [2.05, 4.69) is 44.5 Å². The van der Waals surface area contributed by atoms with Crippen LogP contribution in [-0.2, 0) is 13.0 Å². The normalized spacial score (nSPS) is 13.2. The van der Waals surface area contributed by atoms with Crippen LogP contribution in [0, 0.1) is 0 Å². The van der Waals surface area contributed by atoms with Crippen LogP contribution in [0.3, 0.4) is 0 Å². The predicted octanol–water partition coefficient (Wildman–Crippen LogP) is 3.99. The van der Waals surface area contributed by atoms with Crippen LogP contribution in [0.4, 0.5) is 17.5 Å². The summed E-state index contributed by atoms with van der Waals surface area (Å²) in [5.41, 5.74) is 4.32. The van der Waals surface area contributed by atoms with Gasteiger partial charge in [-0.3, -0.25) is 4.79 Å². The lowest BCUT2D eigenvalue weighted by Gasteiger charge is -2.29. The number of rotatable bonds is 4. The smallest absolute Gasteiger partial charge is 0.229 e. The molecule has 1 aliphatic heterocycles. The summed E-state index contributed by atoms with van der Waals surface area (Å²) in [6.45, 7) is 3.37. The number of hydrogen-bond acceptors (Lipinski definition) is 5. The van der Waals surface area contributed by atoms with Gasteiger partial charge in [0, 0.05) is 30.5 Å². The van der Waals surface area contributed by atoms with Crippen molar-refractivity contribution in [3.05, 3.63) is 77.5 Å². The van der Waals surface area contributed by atoms with Gasteiger partial charge in [-0.05, 0) is 54.8 Å². The van der Waals surface area contributed by atoms with E-state index < -0.39 is 0 Å². The molecule has 0 bridgehead atoms. The molecule has 0 fully saturated rings. The van der Waals surface area contributed by atoms with Crippen LogP contribution in [0.15, 0.2) is 60.8 Å². The standard InChI is InChI=1S/C21H20N4O/c1-15(26)16-6-8-19(9-7-16)23-21-22-12-10-20(24-21)25-13-11-17-4-2-3-5-18(17)14-25/h2-10,12H,11,13-14H2,1H3,(H,22,23,24). The van der Waals surface area contributed by atoms with Crippen molar-refractivity contribution in [1.29, 1.82) is 0 Å². The van der Waals surface area contributed by atoms with Crippen LogP contribution in [0.25, 0.3) is 0 Å². The van der Waals surface area contributed by atoms with Crippen molar-refractivity contribution in [3.63, 3.8) is 0 Å². The fourth-order valence-corrected chi connectivity index (χ4v) is 3.19. The fourth-order valence-electron chi connectivity index (χ4n) is 3.19. The number of hydrogen-bond donors (Lipinski definition) is 1. The Bertz CT molecular complexity index is 937. The van der Waals surface area contributed by atoms with Gasteiger partial charge in [0.15, 0.2) is 5.78 Å². The van der Waals surface area contributed by atoms with Crippen LogP contribution in [-0.4, -0.2) is 22.3 Å². The Morgan fingerprint density at radius 2 is 1.81 bits per heavy atom. The Balaban J connectivity index is 1.51. The maximum absolute atomic E-state index is 11.4. The highest BCUT2D eigenvalue weighted by atomic mass is 16.1. The second-order valence-electron chi connectivity index (χ2n) is 6.44. The number of benzene rings is 2. The average Bonchev–Trinajstić information content (AvgIpc) is 2.68. The van der Waals surface area contributed by atoms with E-state index in [-0.39, 0.29) is 5.78 Å². The Hall–Kier alpha value is -3.21. The van der Waals surface area contributed by atoms with Gasteiger partial charge in [-0.1, -0.05) is 24.3 Å². The summed E-state index contributed by atoms with van der Waals surface area (Å²) in [4.78, 5) is 22.6. The first kappa shape index (κ1) is 16.3. The summed E-state index contributed by atoms with van der Waals surface area (Å²) >= 11 is 0. The van der Waals surface area contributed by atoms with E-state index in [9.17, 15) is 4.79 Å². The molecule has 0 radical (unpaired) electrons. The highest BCUT2D eigenvalue weighted by molar-refractivity contribution is 5.94. The van der Waals surface area contributed by atoms with E-state index >= 15 is 0 Å². The van der Waals surface area contributed by atoms with Gasteiger partial charge in [0.05, 0.1) is 0 Å². The van der Waals surface area contributed by atoms with Crippen molar-refractivity contribution < 1.29 is 4.79 Å². The molecule has 5 nitrogen and oxygen atoms in total. The van der Waals surface area contributed by atoms with Crippen molar-refractivity contribution in [2.45, 2.75) is 19.9 Å². The Labute approximate surface area is 152 Å². The molecule has 0 saturated carbocycles. The molecule has 0 atom stereocenters. The molecule has 2 heterocycles. The average molecular weight is 344 g/mol. The number of carbonyl (C=O) groups is 1. The molecule has 2 aromatic carbocycles. The number of nitrogens with one attached hydrogen (secondary N) is 1. The van der Waals surface area contributed by atoms with Gasteiger partial charge in [-0.2, -0.15) is 4.98 Å². The van der Waals surface area contributed by atoms with Crippen LogP contribution >= 0.6 is 0 Å². The zero-order valence-electron chi connectivity index (χ0n) is 14.6. The van der Waals surface area contributed by atoms with E-state index in [0.29, 0.717) is 11.5 Å². The first-order chi connectivity index (χ1) is 12.7. The fraction of sp³-hybridized carbons (Fsp3) is 0.190. The largest absolute Gasteiger partial charge is 0.352 e. The zero-order chi connectivity index (χ0) is 17.9. The number of anilines is 3. The van der Waals surface area contributed by atoms with Gasteiger partial charge < -0.3 is 10.2 Å². The molecule has 4 rings (SSSR count). The van der Waals surface area contributed by atoms with E-state index in [0.717, 1.165) is 31.0 Å². The van der Waals surface area contributed by atoms with Gasteiger partial charge >= 0.3 is 0 Å². The second-order valence-corrected chi connectivity index (χ2v) is 6.44. The third-order valence-electron chi connectivity index (χ3n) is 4.64. The maximum Gasteiger partial charge on any atom is 0.229 e. The maximum atomic E-state index is 11.4. The molecule has 0 aliphatic carbocycles. The molecule has 0 spiro atoms. The molecule has 1 aromatic heterocycles. The molecular formula is C21H20N4O. The van der Waals surface area contributed by atoms with Crippen molar-refractivity contribution >= 4 is 23.2 Å². The summed E-state index contributed by atoms with van der Waals surface area (Å²) in [6.07, 6.45) is 2.80. The van der Waals surface area contributed by atoms with Crippen molar-refractivity contribution in [3.8, 4) is 0 Å². The lowest BCUT2D eigenvalue weighted by atomic mass is 10.00. The Morgan fingerprint density at radius 1 is 1.04 bits per heavy atom. The number of Topliss-reactive ketones (excluding diaryl/α,β-unsaturated/α-hetero) is 1. The zero-order valence-corrected chi connectivity index (χ0v) is 14.6. The predicted molar refractivity (Wildman–Crippen MR) is 103 cm³/mol. The van der Waals surface area contributed by atoms with Crippen molar-refractivity contribution in [2.75, 3.05) is 16.8 Å². The second kappa shape index (κ2) is 6.96. The van der Waals surface area contributed by atoms with Crippen LogP contribution in [0.2, 0.25) is 0 Å². The van der Waals surface area contributed by atoms with E-state index in [1.165, 1.54) is 11.1 Å². The van der Waals surface area contributed by atoms with Crippen molar-refractivity contribution in [2.24, 2.45) is 0 Å². The Morgan fingerprint density at radius 3 is 2.58 bits per heavy atom. The summed E-state index contributed by atoms with van der Waals surface area (Å²) < 4.78 is 0. The number of aromatic nitrogens is 2. The molecule has 130 valence electrons. The topological polar surface area (TPSA) is 58.1 Å². The summed E-state index contributed by atoms with van der Waals surface area (Å²) in [6, 6.07) is 17.8. The van der Waals surface area contributed by atoms with Gasteiger partial charge in [0.25, 0.3) is 0 Å². The van der Waals surface area contributed by atoms with Crippen LogP contribution in [0.1, 0.15) is 28.4 Å². The SMILES string of the molecule is CC(=O)c1ccc(Nc2nccc(N3CCc4ccccc4C3)n2)cc1. The third kappa shape index (κ3) is 3.42. The molecule has 0 saturated heterocycles. The van der Waals surface area contributed by atoms with E-state index in [4.69, 9.17) is 0 Å². The number of carbonyl (C=O) groups excluding carboxylic acids is 1. The molecule has 26 heavy (non-hydrogen) atoms. The summed E-state index contributed by atoms with van der Waals surface area (Å²) in [5.74, 6) is 1.52. The third-order valence-corrected chi connectivity index (χ3v) is 4.64. The highest BCUT2D eigenvalue weighted by Gasteiger charge is 2.17. The summed E-state index contributed by atoms with van der Waals surface area (Å²) in [7, 11) is 0.